The van der Waals surface area contributed by atoms with E-state index >= 15 is 0 Å². The predicted octanol–water partition coefficient (Wildman–Crippen LogP) is 3.44. The van der Waals surface area contributed by atoms with E-state index in [-0.39, 0.29) is 17.9 Å². The Kier molecular flexibility index (Phi) is 5.28. The number of likely N-dealkylation sites (tertiary alicyclic amines) is 1. The standard InChI is InChI=1S/C25H26N4O5/c1-13-18(25(32)28-10-8-19(30)14(28)2)12-29-23(13)20(7-9-27-29)34-16-5-6-17-21(11-16)33-15(3)22(17)24(31)26-4/h5-7,9,11-12,14,19,30H,8,10H2,1-4H3,(H,26,31)/t14-,19+/m0/s1. The number of benzene rings is 1. The minimum Gasteiger partial charge on any atom is -0.460 e. The number of hydrogen-bond acceptors (Lipinski definition) is 6. The zero-order valence-corrected chi connectivity index (χ0v) is 19.5. The molecule has 2 N–H and O–H groups in total. The second-order valence-electron chi connectivity index (χ2n) is 8.62. The highest BCUT2D eigenvalue weighted by atomic mass is 16.5. The third-order valence-electron chi connectivity index (χ3n) is 6.62. The summed E-state index contributed by atoms with van der Waals surface area (Å²) >= 11 is 0. The summed E-state index contributed by atoms with van der Waals surface area (Å²) in [7, 11) is 1.58. The Morgan fingerprint density at radius 1 is 1.26 bits per heavy atom. The number of nitrogens with zero attached hydrogens (tertiary/aromatic N) is 3. The van der Waals surface area contributed by atoms with Gasteiger partial charge in [-0.05, 0) is 44.9 Å². The van der Waals surface area contributed by atoms with E-state index in [0.717, 1.165) is 5.56 Å². The average molecular weight is 463 g/mol. The molecule has 0 bridgehead atoms. The number of fused-ring (bicyclic) bond motifs is 2. The van der Waals surface area contributed by atoms with Gasteiger partial charge in [0.15, 0.2) is 5.75 Å². The Labute approximate surface area is 195 Å². The number of furan rings is 1. The molecule has 1 aliphatic rings. The molecular formula is C25H26N4O5. The van der Waals surface area contributed by atoms with Crippen LogP contribution < -0.4 is 10.1 Å². The van der Waals surface area contributed by atoms with Crippen molar-refractivity contribution in [3.05, 3.63) is 59.1 Å². The Bertz CT molecular complexity index is 1440. The molecular weight excluding hydrogens is 436 g/mol. The maximum atomic E-state index is 13.2. The van der Waals surface area contributed by atoms with E-state index in [2.05, 4.69) is 10.4 Å². The first-order valence-electron chi connectivity index (χ1n) is 11.2. The fraction of sp³-hybridized carbons (Fsp3) is 0.320. The molecule has 5 rings (SSSR count). The fourth-order valence-corrected chi connectivity index (χ4v) is 4.68. The van der Waals surface area contributed by atoms with Gasteiger partial charge in [0.05, 0.1) is 29.5 Å². The van der Waals surface area contributed by atoms with Gasteiger partial charge in [0.25, 0.3) is 11.8 Å². The van der Waals surface area contributed by atoms with Crippen LogP contribution in [0.2, 0.25) is 0 Å². The van der Waals surface area contributed by atoms with Crippen molar-refractivity contribution in [2.75, 3.05) is 13.6 Å². The van der Waals surface area contributed by atoms with Crippen LogP contribution in [0.15, 0.2) is 41.1 Å². The van der Waals surface area contributed by atoms with Crippen LogP contribution in [0.3, 0.4) is 0 Å². The van der Waals surface area contributed by atoms with E-state index in [1.165, 1.54) is 0 Å². The van der Waals surface area contributed by atoms with E-state index in [1.807, 2.05) is 13.8 Å². The maximum Gasteiger partial charge on any atom is 0.256 e. The number of aliphatic hydroxyl groups is 1. The quantitative estimate of drug-likeness (QED) is 0.481. The minimum atomic E-state index is -0.512. The van der Waals surface area contributed by atoms with Crippen molar-refractivity contribution in [2.45, 2.75) is 39.3 Å². The molecule has 1 fully saturated rings. The molecule has 2 atom stereocenters. The van der Waals surface area contributed by atoms with E-state index in [0.29, 0.717) is 57.8 Å². The van der Waals surface area contributed by atoms with Crippen molar-refractivity contribution in [1.29, 1.82) is 0 Å². The Hall–Kier alpha value is -3.85. The van der Waals surface area contributed by atoms with Crippen LogP contribution in [0.4, 0.5) is 0 Å². The van der Waals surface area contributed by atoms with Crippen LogP contribution in [0.25, 0.3) is 16.5 Å². The van der Waals surface area contributed by atoms with Crippen LogP contribution in [-0.4, -0.2) is 57.2 Å². The van der Waals surface area contributed by atoms with E-state index in [9.17, 15) is 14.7 Å². The number of hydrogen-bond donors (Lipinski definition) is 2. The molecule has 9 nitrogen and oxygen atoms in total. The van der Waals surface area contributed by atoms with Crippen LogP contribution in [0.1, 0.15) is 45.4 Å². The molecule has 4 aromatic rings. The van der Waals surface area contributed by atoms with Gasteiger partial charge in [-0.1, -0.05) is 0 Å². The zero-order valence-electron chi connectivity index (χ0n) is 19.5. The summed E-state index contributed by atoms with van der Waals surface area (Å²) in [5.41, 5.74) is 3.00. The summed E-state index contributed by atoms with van der Waals surface area (Å²) in [6.45, 7) is 5.99. The Morgan fingerprint density at radius 3 is 2.76 bits per heavy atom. The number of ether oxygens (including phenoxy) is 1. The molecule has 3 aromatic heterocycles. The monoisotopic (exact) mass is 462 g/mol. The number of aliphatic hydroxyl groups excluding tert-OH is 1. The molecule has 1 saturated heterocycles. The Morgan fingerprint density at radius 2 is 2.06 bits per heavy atom. The summed E-state index contributed by atoms with van der Waals surface area (Å²) in [5.74, 6) is 1.26. The van der Waals surface area contributed by atoms with Crippen LogP contribution in [0.5, 0.6) is 11.5 Å². The van der Waals surface area contributed by atoms with Crippen molar-refractivity contribution in [2.24, 2.45) is 0 Å². The second kappa shape index (κ2) is 8.18. The summed E-state index contributed by atoms with van der Waals surface area (Å²) < 4.78 is 13.6. The molecule has 9 heteroatoms. The van der Waals surface area contributed by atoms with Crippen molar-refractivity contribution >= 4 is 28.3 Å². The first kappa shape index (κ1) is 22.0. The summed E-state index contributed by atoms with van der Waals surface area (Å²) in [6, 6.07) is 6.82. The second-order valence-corrected chi connectivity index (χ2v) is 8.62. The minimum absolute atomic E-state index is 0.132. The van der Waals surface area contributed by atoms with Gasteiger partial charge in [-0.2, -0.15) is 5.10 Å². The molecule has 176 valence electrons. The molecule has 34 heavy (non-hydrogen) atoms. The zero-order chi connectivity index (χ0) is 24.1. The molecule has 0 radical (unpaired) electrons. The molecule has 0 aliphatic carbocycles. The van der Waals surface area contributed by atoms with Gasteiger partial charge >= 0.3 is 0 Å². The van der Waals surface area contributed by atoms with Crippen molar-refractivity contribution in [3.63, 3.8) is 0 Å². The molecule has 0 saturated carbocycles. The number of nitrogens with one attached hydrogen (secondary N) is 1. The highest BCUT2D eigenvalue weighted by molar-refractivity contribution is 6.07. The largest absolute Gasteiger partial charge is 0.460 e. The molecule has 1 aromatic carbocycles. The van der Waals surface area contributed by atoms with Crippen molar-refractivity contribution in [1.82, 2.24) is 19.8 Å². The van der Waals surface area contributed by atoms with Gasteiger partial charge in [0.2, 0.25) is 0 Å². The van der Waals surface area contributed by atoms with Gasteiger partial charge in [-0.15, -0.1) is 0 Å². The molecule has 4 heterocycles. The molecule has 1 aliphatic heterocycles. The molecule has 0 unspecified atom stereocenters. The fourth-order valence-electron chi connectivity index (χ4n) is 4.68. The van der Waals surface area contributed by atoms with E-state index in [1.54, 1.807) is 60.0 Å². The third kappa shape index (κ3) is 3.40. The Balaban J connectivity index is 1.51. The van der Waals surface area contributed by atoms with Crippen LogP contribution in [-0.2, 0) is 0 Å². The van der Waals surface area contributed by atoms with Gasteiger partial charge in [-0.25, -0.2) is 4.52 Å². The number of aromatic nitrogens is 2. The lowest BCUT2D eigenvalue weighted by Gasteiger charge is -2.22. The first-order valence-corrected chi connectivity index (χ1v) is 11.2. The van der Waals surface area contributed by atoms with Crippen LogP contribution >= 0.6 is 0 Å². The molecule has 0 spiro atoms. The van der Waals surface area contributed by atoms with Crippen molar-refractivity contribution < 1.29 is 23.8 Å². The normalized spacial score (nSPS) is 18.1. The number of rotatable bonds is 4. The van der Waals surface area contributed by atoms with Gasteiger partial charge in [0.1, 0.15) is 22.6 Å². The SMILES string of the molecule is CNC(=O)c1c(C)oc2cc(Oc3ccnn4cc(C(=O)N5CC[C@@H](O)[C@@H]5C)c(C)c34)ccc12. The lowest BCUT2D eigenvalue weighted by atomic mass is 10.1. The molecule has 2 amide bonds. The van der Waals surface area contributed by atoms with Gasteiger partial charge in [0, 0.05) is 37.3 Å². The topological polar surface area (TPSA) is 109 Å². The number of carbonyl (C=O) groups is 2. The number of carbonyl (C=O) groups excluding carboxylic acids is 2. The summed E-state index contributed by atoms with van der Waals surface area (Å²) in [5, 5.41) is 17.8. The highest BCUT2D eigenvalue weighted by Gasteiger charge is 2.34. The lowest BCUT2D eigenvalue weighted by Crippen LogP contribution is -2.37. The first-order chi connectivity index (χ1) is 16.3. The van der Waals surface area contributed by atoms with E-state index in [4.69, 9.17) is 9.15 Å². The summed E-state index contributed by atoms with van der Waals surface area (Å²) in [4.78, 5) is 27.1. The summed E-state index contributed by atoms with van der Waals surface area (Å²) in [6.07, 6.45) is 3.37. The van der Waals surface area contributed by atoms with E-state index < -0.39 is 6.10 Å². The third-order valence-corrected chi connectivity index (χ3v) is 6.62. The number of amides is 2. The smallest absolute Gasteiger partial charge is 0.256 e. The van der Waals surface area contributed by atoms with Crippen LogP contribution in [0, 0.1) is 13.8 Å². The highest BCUT2D eigenvalue weighted by Crippen LogP contribution is 2.34. The van der Waals surface area contributed by atoms with Crippen molar-refractivity contribution in [3.8, 4) is 11.5 Å². The van der Waals surface area contributed by atoms with Gasteiger partial charge in [-0.3, -0.25) is 9.59 Å². The average Bonchev–Trinajstić information content (AvgIpc) is 3.45. The number of aryl methyl sites for hydroxylation is 2. The lowest BCUT2D eigenvalue weighted by molar-refractivity contribution is 0.0666. The maximum absolute atomic E-state index is 13.2. The predicted molar refractivity (Wildman–Crippen MR) is 125 cm³/mol. The van der Waals surface area contributed by atoms with Gasteiger partial charge < -0.3 is 24.5 Å².